The van der Waals surface area contributed by atoms with E-state index in [0.717, 1.165) is 12.1 Å². The molecule has 0 radical (unpaired) electrons. The van der Waals surface area contributed by atoms with Gasteiger partial charge in [0.1, 0.15) is 5.82 Å². The highest BCUT2D eigenvalue weighted by Gasteiger charge is 2.29. The maximum absolute atomic E-state index is 12.5. The number of carboxylic acid groups (broad SMARTS) is 1. The number of carbonyl (C=O) groups is 1. The SMILES string of the molecule is CC.CC1(C)CCCCC1.O=C(O)c1ccc2nc(Cc3ccc(C(F)(F)F)cc3)[nH]c2c1. The topological polar surface area (TPSA) is 66.0 Å². The van der Waals surface area contributed by atoms with Crippen LogP contribution in [0.25, 0.3) is 11.0 Å². The average Bonchev–Trinajstić information content (AvgIpc) is 3.16. The Balaban J connectivity index is 0.000000323. The molecule has 7 heteroatoms. The van der Waals surface area contributed by atoms with Crippen LogP contribution in [0.2, 0.25) is 0 Å². The molecule has 1 aromatic heterocycles. The first-order chi connectivity index (χ1) is 15.5. The molecule has 0 amide bonds. The van der Waals surface area contributed by atoms with E-state index in [0.29, 0.717) is 34.3 Å². The third kappa shape index (κ3) is 7.91. The molecule has 1 saturated carbocycles. The van der Waals surface area contributed by atoms with Crippen LogP contribution in [0.3, 0.4) is 0 Å². The zero-order chi connectivity index (χ0) is 24.6. The predicted molar refractivity (Wildman–Crippen MR) is 126 cm³/mol. The Morgan fingerprint density at radius 3 is 2.12 bits per heavy atom. The molecule has 2 aromatic carbocycles. The van der Waals surface area contributed by atoms with Crippen molar-refractivity contribution in [2.75, 3.05) is 0 Å². The van der Waals surface area contributed by atoms with Gasteiger partial charge in [-0.25, -0.2) is 9.78 Å². The third-order valence-electron chi connectivity index (χ3n) is 5.64. The number of benzene rings is 2. The second-order valence-corrected chi connectivity index (χ2v) is 8.82. The summed E-state index contributed by atoms with van der Waals surface area (Å²) >= 11 is 0. The molecule has 0 unspecified atom stereocenters. The van der Waals surface area contributed by atoms with Crippen molar-refractivity contribution in [1.29, 1.82) is 0 Å². The zero-order valence-electron chi connectivity index (χ0n) is 19.7. The summed E-state index contributed by atoms with van der Waals surface area (Å²) in [4.78, 5) is 18.2. The Bertz CT molecular complexity index is 1030. The normalized spacial score (nSPS) is 15.1. The lowest BCUT2D eigenvalue weighted by molar-refractivity contribution is -0.137. The molecule has 0 saturated heterocycles. The van der Waals surface area contributed by atoms with Gasteiger partial charge in [-0.2, -0.15) is 13.2 Å². The second kappa shape index (κ2) is 11.3. The van der Waals surface area contributed by atoms with Gasteiger partial charge in [0.2, 0.25) is 0 Å². The number of fused-ring (bicyclic) bond motifs is 1. The summed E-state index contributed by atoms with van der Waals surface area (Å²) < 4.78 is 37.6. The number of H-pyrrole nitrogens is 1. The van der Waals surface area contributed by atoms with Crippen LogP contribution in [-0.4, -0.2) is 21.0 Å². The van der Waals surface area contributed by atoms with Gasteiger partial charge in [0, 0.05) is 6.42 Å². The van der Waals surface area contributed by atoms with Crippen LogP contribution >= 0.6 is 0 Å². The molecular formula is C26H33F3N2O2. The van der Waals surface area contributed by atoms with Gasteiger partial charge in [0.05, 0.1) is 22.2 Å². The smallest absolute Gasteiger partial charge is 0.416 e. The van der Waals surface area contributed by atoms with E-state index >= 15 is 0 Å². The Morgan fingerprint density at radius 1 is 1.03 bits per heavy atom. The third-order valence-corrected chi connectivity index (χ3v) is 5.64. The van der Waals surface area contributed by atoms with Crippen molar-refractivity contribution in [3.8, 4) is 0 Å². The largest absolute Gasteiger partial charge is 0.478 e. The molecule has 0 bridgehead atoms. The lowest BCUT2D eigenvalue weighted by atomic mass is 9.78. The molecule has 1 aliphatic carbocycles. The Labute approximate surface area is 193 Å². The lowest BCUT2D eigenvalue weighted by Gasteiger charge is -2.28. The van der Waals surface area contributed by atoms with Gasteiger partial charge < -0.3 is 10.1 Å². The number of hydrogen-bond acceptors (Lipinski definition) is 2. The highest BCUT2D eigenvalue weighted by molar-refractivity contribution is 5.92. The van der Waals surface area contributed by atoms with Gasteiger partial charge in [-0.05, 0) is 54.2 Å². The van der Waals surface area contributed by atoms with Gasteiger partial charge in [0.25, 0.3) is 0 Å². The van der Waals surface area contributed by atoms with E-state index in [1.165, 1.54) is 56.4 Å². The van der Waals surface area contributed by atoms with Gasteiger partial charge in [0.15, 0.2) is 0 Å². The Kier molecular flexibility index (Phi) is 9.08. The van der Waals surface area contributed by atoms with Gasteiger partial charge in [-0.15, -0.1) is 0 Å². The molecule has 1 fully saturated rings. The van der Waals surface area contributed by atoms with Gasteiger partial charge in [-0.3, -0.25) is 0 Å². The van der Waals surface area contributed by atoms with Crippen molar-refractivity contribution < 1.29 is 23.1 Å². The lowest BCUT2D eigenvalue weighted by Crippen LogP contribution is -2.14. The quantitative estimate of drug-likeness (QED) is 0.416. The maximum atomic E-state index is 12.5. The minimum atomic E-state index is -4.36. The van der Waals surface area contributed by atoms with E-state index in [1.54, 1.807) is 6.07 Å². The van der Waals surface area contributed by atoms with Crippen molar-refractivity contribution in [1.82, 2.24) is 9.97 Å². The average molecular weight is 463 g/mol. The minimum Gasteiger partial charge on any atom is -0.478 e. The molecule has 0 spiro atoms. The summed E-state index contributed by atoms with van der Waals surface area (Å²) in [6, 6.07) is 9.37. The molecular weight excluding hydrogens is 429 g/mol. The van der Waals surface area contributed by atoms with E-state index in [1.807, 2.05) is 13.8 Å². The standard InChI is InChI=1S/C16H11F3N2O2.C8H16.C2H6/c17-16(18,19)11-4-1-9(2-5-11)7-14-20-12-6-3-10(15(22)23)8-13(12)21-14;1-8(2)6-4-3-5-7-8;1-2/h1-6,8H,7H2,(H,20,21)(H,22,23);3-7H2,1-2H3;1-2H3. The first-order valence-electron chi connectivity index (χ1n) is 11.4. The number of aromatic nitrogens is 2. The van der Waals surface area contributed by atoms with Crippen molar-refractivity contribution >= 4 is 17.0 Å². The fourth-order valence-corrected chi connectivity index (χ4v) is 3.79. The van der Waals surface area contributed by atoms with Crippen LogP contribution in [0, 0.1) is 5.41 Å². The number of imidazole rings is 1. The van der Waals surface area contributed by atoms with Gasteiger partial charge in [-0.1, -0.05) is 59.1 Å². The van der Waals surface area contributed by atoms with Gasteiger partial charge >= 0.3 is 12.1 Å². The van der Waals surface area contributed by atoms with Crippen LogP contribution in [0.1, 0.15) is 87.1 Å². The first kappa shape index (κ1) is 26.4. The number of aromatic amines is 1. The summed E-state index contributed by atoms with van der Waals surface area (Å²) in [5.41, 5.74) is 1.98. The van der Waals surface area contributed by atoms with Crippen molar-refractivity contribution in [2.45, 2.75) is 72.4 Å². The first-order valence-corrected chi connectivity index (χ1v) is 11.4. The molecule has 33 heavy (non-hydrogen) atoms. The number of nitrogens with zero attached hydrogens (tertiary/aromatic N) is 1. The molecule has 4 nitrogen and oxygen atoms in total. The number of alkyl halides is 3. The number of halogens is 3. The highest BCUT2D eigenvalue weighted by Crippen LogP contribution is 2.34. The van der Waals surface area contributed by atoms with Crippen LogP contribution in [0.5, 0.6) is 0 Å². The van der Waals surface area contributed by atoms with E-state index in [4.69, 9.17) is 5.11 Å². The van der Waals surface area contributed by atoms with Crippen LogP contribution in [0.15, 0.2) is 42.5 Å². The van der Waals surface area contributed by atoms with Crippen LogP contribution < -0.4 is 0 Å². The highest BCUT2D eigenvalue weighted by atomic mass is 19.4. The fraction of sp³-hybridized carbons (Fsp3) is 0.462. The summed E-state index contributed by atoms with van der Waals surface area (Å²) in [7, 11) is 0. The Morgan fingerprint density at radius 2 is 1.64 bits per heavy atom. The van der Waals surface area contributed by atoms with Crippen molar-refractivity contribution in [2.24, 2.45) is 5.41 Å². The summed E-state index contributed by atoms with van der Waals surface area (Å²) in [5.74, 6) is -0.479. The number of hydrogen-bond donors (Lipinski definition) is 2. The summed E-state index contributed by atoms with van der Waals surface area (Å²) in [6.45, 7) is 8.76. The molecule has 0 aliphatic heterocycles. The molecule has 4 rings (SSSR count). The van der Waals surface area contributed by atoms with Crippen LogP contribution in [-0.2, 0) is 12.6 Å². The Hall–Kier alpha value is -2.83. The molecule has 1 heterocycles. The van der Waals surface area contributed by atoms with Crippen molar-refractivity contribution in [3.05, 3.63) is 65.0 Å². The summed E-state index contributed by atoms with van der Waals surface area (Å²) in [6.07, 6.45) is 3.28. The predicted octanol–water partition coefficient (Wildman–Crippen LogP) is 7.87. The second-order valence-electron chi connectivity index (χ2n) is 8.82. The fourth-order valence-electron chi connectivity index (χ4n) is 3.79. The van der Waals surface area contributed by atoms with Crippen molar-refractivity contribution in [3.63, 3.8) is 0 Å². The number of aromatic carboxylic acids is 1. The maximum Gasteiger partial charge on any atom is 0.416 e. The number of nitrogens with one attached hydrogen (secondary N) is 1. The number of carboxylic acids is 1. The van der Waals surface area contributed by atoms with E-state index in [-0.39, 0.29) is 5.56 Å². The monoisotopic (exact) mass is 462 g/mol. The molecule has 1 aliphatic rings. The van der Waals surface area contributed by atoms with Crippen LogP contribution in [0.4, 0.5) is 13.2 Å². The van der Waals surface area contributed by atoms with E-state index in [9.17, 15) is 18.0 Å². The van der Waals surface area contributed by atoms with E-state index in [2.05, 4.69) is 23.8 Å². The molecule has 3 aromatic rings. The number of rotatable bonds is 3. The zero-order valence-corrected chi connectivity index (χ0v) is 19.7. The molecule has 180 valence electrons. The van der Waals surface area contributed by atoms with E-state index < -0.39 is 17.7 Å². The minimum absolute atomic E-state index is 0.141. The molecule has 0 atom stereocenters. The summed E-state index contributed by atoms with van der Waals surface area (Å²) in [5, 5.41) is 8.95. The molecule has 2 N–H and O–H groups in total.